The van der Waals surface area contributed by atoms with Gasteiger partial charge in [-0.25, -0.2) is 9.18 Å². The van der Waals surface area contributed by atoms with E-state index < -0.39 is 0 Å². The molecule has 1 aromatic carbocycles. The number of anilines is 1. The van der Waals surface area contributed by atoms with Crippen LogP contribution in [0.25, 0.3) is 0 Å². The number of carbonyl (C=O) groups is 1. The van der Waals surface area contributed by atoms with E-state index in [1.807, 2.05) is 6.26 Å². The number of thioether (sulfide) groups is 1. The van der Waals surface area contributed by atoms with Crippen molar-refractivity contribution in [3.8, 4) is 0 Å². The summed E-state index contributed by atoms with van der Waals surface area (Å²) >= 11 is 2.53. The molecule has 1 aromatic heterocycles. The van der Waals surface area contributed by atoms with Gasteiger partial charge in [-0.1, -0.05) is 23.9 Å². The van der Waals surface area contributed by atoms with Crippen molar-refractivity contribution in [2.45, 2.75) is 11.7 Å². The summed E-state index contributed by atoms with van der Waals surface area (Å²) in [5.41, 5.74) is 0.818. The SMILES string of the molecule is CSc1nsc(NC(=O)NCc2ccc(F)cc2)n1. The molecule has 0 aliphatic carbocycles. The van der Waals surface area contributed by atoms with Gasteiger partial charge in [0, 0.05) is 18.1 Å². The molecule has 0 unspecified atom stereocenters. The van der Waals surface area contributed by atoms with Crippen LogP contribution in [0.5, 0.6) is 0 Å². The maximum absolute atomic E-state index is 12.7. The fourth-order valence-electron chi connectivity index (χ4n) is 1.27. The number of amides is 2. The summed E-state index contributed by atoms with van der Waals surface area (Å²) in [4.78, 5) is 15.7. The second-order valence-electron chi connectivity index (χ2n) is 3.52. The predicted octanol–water partition coefficient (Wildman–Crippen LogP) is 2.72. The molecule has 0 bridgehead atoms. The van der Waals surface area contributed by atoms with E-state index in [1.165, 1.54) is 23.9 Å². The zero-order valence-electron chi connectivity index (χ0n) is 10.0. The normalized spacial score (nSPS) is 10.2. The average molecular weight is 298 g/mol. The molecule has 0 saturated heterocycles. The topological polar surface area (TPSA) is 66.9 Å². The number of nitrogens with one attached hydrogen (secondary N) is 2. The molecule has 1 heterocycles. The monoisotopic (exact) mass is 298 g/mol. The van der Waals surface area contributed by atoms with E-state index in [1.54, 1.807) is 12.1 Å². The summed E-state index contributed by atoms with van der Waals surface area (Å²) in [7, 11) is 0. The average Bonchev–Trinajstić information content (AvgIpc) is 2.86. The first-order chi connectivity index (χ1) is 9.17. The summed E-state index contributed by atoms with van der Waals surface area (Å²) in [5.74, 6) is -0.299. The number of benzene rings is 1. The summed E-state index contributed by atoms with van der Waals surface area (Å²) in [6, 6.07) is 5.57. The fourth-order valence-corrected chi connectivity index (χ4v) is 2.39. The standard InChI is InChI=1S/C11H11FN4OS2/c1-18-11-15-10(19-16-11)14-9(17)13-6-7-2-4-8(12)5-3-7/h2-5H,6H2,1H3,(H2,13,14,15,16,17). The lowest BCUT2D eigenvalue weighted by Crippen LogP contribution is -2.28. The fraction of sp³-hybridized carbons (Fsp3) is 0.182. The second-order valence-corrected chi connectivity index (χ2v) is 5.05. The Morgan fingerprint density at radius 1 is 1.42 bits per heavy atom. The van der Waals surface area contributed by atoms with E-state index in [2.05, 4.69) is 20.0 Å². The molecule has 0 aliphatic heterocycles. The third kappa shape index (κ3) is 4.18. The molecule has 100 valence electrons. The molecular weight excluding hydrogens is 287 g/mol. The van der Waals surface area contributed by atoms with Gasteiger partial charge in [-0.05, 0) is 24.0 Å². The van der Waals surface area contributed by atoms with Crippen LogP contribution >= 0.6 is 23.3 Å². The smallest absolute Gasteiger partial charge is 0.321 e. The van der Waals surface area contributed by atoms with Crippen molar-refractivity contribution in [3.63, 3.8) is 0 Å². The second kappa shape index (κ2) is 6.48. The Balaban J connectivity index is 1.82. The van der Waals surface area contributed by atoms with Crippen LogP contribution in [0, 0.1) is 5.82 Å². The zero-order valence-corrected chi connectivity index (χ0v) is 11.6. The van der Waals surface area contributed by atoms with Gasteiger partial charge in [-0.2, -0.15) is 9.36 Å². The molecular formula is C11H11FN4OS2. The molecule has 0 spiro atoms. The Kier molecular flexibility index (Phi) is 4.69. The molecule has 2 aromatic rings. The number of nitrogens with zero attached hydrogens (tertiary/aromatic N) is 2. The van der Waals surface area contributed by atoms with Gasteiger partial charge < -0.3 is 5.32 Å². The van der Waals surface area contributed by atoms with E-state index in [9.17, 15) is 9.18 Å². The third-order valence-corrected chi connectivity index (χ3v) is 3.47. The maximum atomic E-state index is 12.7. The van der Waals surface area contributed by atoms with E-state index in [0.29, 0.717) is 16.8 Å². The summed E-state index contributed by atoms with van der Waals surface area (Å²) < 4.78 is 16.7. The number of rotatable bonds is 4. The Hall–Kier alpha value is -1.67. The minimum atomic E-state index is -0.367. The molecule has 19 heavy (non-hydrogen) atoms. The molecule has 2 N–H and O–H groups in total. The Morgan fingerprint density at radius 2 is 2.16 bits per heavy atom. The third-order valence-electron chi connectivity index (χ3n) is 2.18. The number of carbonyl (C=O) groups excluding carboxylic acids is 1. The van der Waals surface area contributed by atoms with Gasteiger partial charge in [-0.15, -0.1) is 0 Å². The van der Waals surface area contributed by atoms with Gasteiger partial charge >= 0.3 is 6.03 Å². The molecule has 8 heteroatoms. The van der Waals surface area contributed by atoms with Crippen molar-refractivity contribution in [3.05, 3.63) is 35.6 Å². The Labute approximate surface area is 117 Å². The molecule has 0 radical (unpaired) electrons. The van der Waals surface area contributed by atoms with Crippen LogP contribution < -0.4 is 10.6 Å². The van der Waals surface area contributed by atoms with Gasteiger partial charge in [0.15, 0.2) is 0 Å². The number of urea groups is 1. The zero-order chi connectivity index (χ0) is 13.7. The summed E-state index contributed by atoms with van der Waals surface area (Å²) in [6.45, 7) is 0.320. The number of halogens is 1. The highest BCUT2D eigenvalue weighted by atomic mass is 32.2. The van der Waals surface area contributed by atoms with Crippen molar-refractivity contribution in [2.24, 2.45) is 0 Å². The van der Waals surface area contributed by atoms with Gasteiger partial charge in [0.05, 0.1) is 0 Å². The Bertz CT molecular complexity index is 558. The van der Waals surface area contributed by atoms with Crippen molar-refractivity contribution < 1.29 is 9.18 Å². The lowest BCUT2D eigenvalue weighted by atomic mass is 10.2. The highest BCUT2D eigenvalue weighted by Gasteiger charge is 2.06. The predicted molar refractivity (Wildman–Crippen MR) is 73.9 cm³/mol. The molecule has 0 aliphatic rings. The first-order valence-corrected chi connectivity index (χ1v) is 7.34. The molecule has 0 atom stereocenters. The Morgan fingerprint density at radius 3 is 2.79 bits per heavy atom. The largest absolute Gasteiger partial charge is 0.334 e. The van der Waals surface area contributed by atoms with Gasteiger partial charge in [0.1, 0.15) is 5.82 Å². The van der Waals surface area contributed by atoms with Crippen LogP contribution in [-0.4, -0.2) is 21.6 Å². The quantitative estimate of drug-likeness (QED) is 0.852. The first-order valence-electron chi connectivity index (χ1n) is 5.34. The number of hydrogen-bond acceptors (Lipinski definition) is 5. The van der Waals surface area contributed by atoms with E-state index in [4.69, 9.17) is 0 Å². The highest BCUT2D eigenvalue weighted by molar-refractivity contribution is 7.98. The maximum Gasteiger partial charge on any atom is 0.321 e. The molecule has 0 fully saturated rings. The molecule has 2 rings (SSSR count). The molecule has 0 saturated carbocycles. The van der Waals surface area contributed by atoms with E-state index >= 15 is 0 Å². The van der Waals surface area contributed by atoms with Crippen LogP contribution in [0.1, 0.15) is 5.56 Å². The van der Waals surface area contributed by atoms with Gasteiger partial charge in [0.2, 0.25) is 10.3 Å². The van der Waals surface area contributed by atoms with Crippen molar-refractivity contribution in [2.75, 3.05) is 11.6 Å². The van der Waals surface area contributed by atoms with Gasteiger partial charge in [-0.3, -0.25) is 5.32 Å². The minimum absolute atomic E-state index is 0.299. The van der Waals surface area contributed by atoms with E-state index in [0.717, 1.165) is 17.1 Å². The summed E-state index contributed by atoms with van der Waals surface area (Å²) in [5, 5.41) is 6.31. The molecule has 5 nitrogen and oxygen atoms in total. The van der Waals surface area contributed by atoms with Crippen LogP contribution in [0.2, 0.25) is 0 Å². The van der Waals surface area contributed by atoms with Crippen molar-refractivity contribution in [1.29, 1.82) is 0 Å². The highest BCUT2D eigenvalue weighted by Crippen LogP contribution is 2.17. The summed E-state index contributed by atoms with van der Waals surface area (Å²) in [6.07, 6.45) is 1.86. The first kappa shape index (κ1) is 13.8. The molecule has 2 amide bonds. The lowest BCUT2D eigenvalue weighted by Gasteiger charge is -2.05. The van der Waals surface area contributed by atoms with Crippen LogP contribution in [-0.2, 0) is 6.54 Å². The van der Waals surface area contributed by atoms with Crippen molar-refractivity contribution >= 4 is 34.5 Å². The van der Waals surface area contributed by atoms with Crippen LogP contribution in [0.4, 0.5) is 14.3 Å². The minimum Gasteiger partial charge on any atom is -0.334 e. The van der Waals surface area contributed by atoms with Gasteiger partial charge in [0.25, 0.3) is 0 Å². The van der Waals surface area contributed by atoms with Crippen molar-refractivity contribution in [1.82, 2.24) is 14.7 Å². The lowest BCUT2D eigenvalue weighted by molar-refractivity contribution is 0.251. The van der Waals surface area contributed by atoms with E-state index in [-0.39, 0.29) is 11.8 Å². The van der Waals surface area contributed by atoms with Crippen LogP contribution in [0.3, 0.4) is 0 Å². The number of hydrogen-bond donors (Lipinski definition) is 2. The number of aromatic nitrogens is 2. The van der Waals surface area contributed by atoms with Crippen LogP contribution in [0.15, 0.2) is 29.4 Å².